The summed E-state index contributed by atoms with van der Waals surface area (Å²) in [7, 11) is 2.22. The van der Waals surface area contributed by atoms with Gasteiger partial charge in [-0.2, -0.15) is 5.10 Å². The van der Waals surface area contributed by atoms with Crippen molar-refractivity contribution in [3.8, 4) is 0 Å². The van der Waals surface area contributed by atoms with Crippen molar-refractivity contribution in [1.29, 1.82) is 0 Å². The van der Waals surface area contributed by atoms with Gasteiger partial charge in [-0.05, 0) is 49.7 Å². The standard InChI is InChI=1S/C17H23N5OS/c1-12-4-6-24-16(12)17(23)21-5-3-15-13(8-21)7-14(20(15)2)9-22-11-18-10-19-22/h4,6,10-11,13-15H,3,5,7-9H2,1-2H3/t13-,14+,15+/m1/s1. The summed E-state index contributed by atoms with van der Waals surface area (Å²) in [5.41, 5.74) is 1.10. The van der Waals surface area contributed by atoms with Crippen molar-refractivity contribution in [3.63, 3.8) is 0 Å². The minimum absolute atomic E-state index is 0.211. The van der Waals surface area contributed by atoms with Crippen LogP contribution < -0.4 is 0 Å². The zero-order valence-electron chi connectivity index (χ0n) is 14.1. The maximum Gasteiger partial charge on any atom is 0.264 e. The van der Waals surface area contributed by atoms with Crippen molar-refractivity contribution in [2.24, 2.45) is 5.92 Å². The van der Waals surface area contributed by atoms with Crippen molar-refractivity contribution in [2.75, 3.05) is 20.1 Å². The first-order valence-corrected chi connectivity index (χ1v) is 9.39. The summed E-state index contributed by atoms with van der Waals surface area (Å²) in [4.78, 5) is 22.3. The smallest absolute Gasteiger partial charge is 0.264 e. The number of piperidine rings is 1. The SMILES string of the molecule is Cc1ccsc1C(=O)N1CC[C@H]2[C@H](C[C@@H](Cn3cncn3)N2C)C1. The highest BCUT2D eigenvalue weighted by Crippen LogP contribution is 2.35. The van der Waals surface area contributed by atoms with Crippen molar-refractivity contribution in [1.82, 2.24) is 24.6 Å². The zero-order valence-corrected chi connectivity index (χ0v) is 14.9. The number of likely N-dealkylation sites (N-methyl/N-ethyl adjacent to an activating group) is 1. The summed E-state index contributed by atoms with van der Waals surface area (Å²) in [5.74, 6) is 0.768. The number of hydrogen-bond donors (Lipinski definition) is 0. The lowest BCUT2D eigenvalue weighted by Crippen LogP contribution is -2.47. The largest absolute Gasteiger partial charge is 0.338 e. The Morgan fingerprint density at radius 2 is 2.33 bits per heavy atom. The molecule has 6 nitrogen and oxygen atoms in total. The molecule has 3 atom stereocenters. The van der Waals surface area contributed by atoms with E-state index in [4.69, 9.17) is 0 Å². The van der Waals surface area contributed by atoms with Gasteiger partial charge in [0.25, 0.3) is 5.91 Å². The first kappa shape index (κ1) is 15.8. The molecule has 0 aliphatic carbocycles. The van der Waals surface area contributed by atoms with E-state index in [1.165, 1.54) is 0 Å². The molecule has 0 spiro atoms. The fraction of sp³-hybridized carbons (Fsp3) is 0.588. The van der Waals surface area contributed by atoms with Crippen LogP contribution in [0.1, 0.15) is 28.1 Å². The van der Waals surface area contributed by atoms with E-state index in [1.54, 1.807) is 24.0 Å². The lowest BCUT2D eigenvalue weighted by Gasteiger charge is -2.37. The normalized spacial score (nSPS) is 27.4. The van der Waals surface area contributed by atoms with Crippen LogP contribution >= 0.6 is 11.3 Å². The summed E-state index contributed by atoms with van der Waals surface area (Å²) < 4.78 is 1.91. The molecular formula is C17H23N5OS. The highest BCUT2D eigenvalue weighted by atomic mass is 32.1. The number of carbonyl (C=O) groups excluding carboxylic acids is 1. The van der Waals surface area contributed by atoms with E-state index in [-0.39, 0.29) is 5.91 Å². The number of fused-ring (bicyclic) bond motifs is 1. The predicted octanol–water partition coefficient (Wildman–Crippen LogP) is 1.88. The summed E-state index contributed by atoms with van der Waals surface area (Å²) in [6, 6.07) is 3.08. The Balaban J connectivity index is 1.44. The van der Waals surface area contributed by atoms with Gasteiger partial charge in [0.05, 0.1) is 11.4 Å². The average molecular weight is 345 g/mol. The van der Waals surface area contributed by atoms with E-state index >= 15 is 0 Å². The first-order valence-electron chi connectivity index (χ1n) is 8.51. The Hall–Kier alpha value is -1.73. The summed E-state index contributed by atoms with van der Waals surface area (Å²) in [5, 5.41) is 6.24. The van der Waals surface area contributed by atoms with E-state index in [0.29, 0.717) is 18.0 Å². The number of carbonyl (C=O) groups is 1. The Morgan fingerprint density at radius 3 is 3.04 bits per heavy atom. The van der Waals surface area contributed by atoms with Gasteiger partial charge in [-0.1, -0.05) is 0 Å². The molecule has 128 valence electrons. The molecule has 24 heavy (non-hydrogen) atoms. The van der Waals surface area contributed by atoms with E-state index in [9.17, 15) is 4.79 Å². The van der Waals surface area contributed by atoms with Crippen LogP contribution in [0.4, 0.5) is 0 Å². The molecule has 2 fully saturated rings. The van der Waals surface area contributed by atoms with Crippen LogP contribution in [-0.4, -0.2) is 62.7 Å². The molecule has 2 saturated heterocycles. The second-order valence-corrected chi connectivity index (χ2v) is 7.89. The van der Waals surface area contributed by atoms with E-state index < -0.39 is 0 Å². The second-order valence-electron chi connectivity index (χ2n) is 6.97. The van der Waals surface area contributed by atoms with Crippen LogP contribution in [0.25, 0.3) is 0 Å². The number of aryl methyl sites for hydroxylation is 1. The van der Waals surface area contributed by atoms with Crippen LogP contribution in [0.3, 0.4) is 0 Å². The van der Waals surface area contributed by atoms with Gasteiger partial charge in [-0.25, -0.2) is 4.98 Å². The monoisotopic (exact) mass is 345 g/mol. The van der Waals surface area contributed by atoms with Crippen LogP contribution in [-0.2, 0) is 6.54 Å². The molecule has 2 aliphatic heterocycles. The molecule has 0 bridgehead atoms. The van der Waals surface area contributed by atoms with Gasteiger partial charge in [0.15, 0.2) is 0 Å². The predicted molar refractivity (Wildman–Crippen MR) is 93.0 cm³/mol. The molecule has 0 N–H and O–H groups in total. The Kier molecular flexibility index (Phi) is 4.14. The average Bonchev–Trinajstić information content (AvgIpc) is 3.29. The van der Waals surface area contributed by atoms with Crippen molar-refractivity contribution in [2.45, 2.75) is 38.4 Å². The fourth-order valence-corrected chi connectivity index (χ4v) is 5.13. The molecule has 2 aromatic rings. The van der Waals surface area contributed by atoms with Gasteiger partial charge < -0.3 is 4.90 Å². The number of amides is 1. The molecule has 0 aromatic carbocycles. The molecule has 4 heterocycles. The number of rotatable bonds is 3. The summed E-state index contributed by atoms with van der Waals surface area (Å²) >= 11 is 1.56. The number of likely N-dealkylation sites (tertiary alicyclic amines) is 2. The minimum atomic E-state index is 0.211. The van der Waals surface area contributed by atoms with E-state index in [2.05, 4.69) is 26.9 Å². The molecule has 2 aliphatic rings. The van der Waals surface area contributed by atoms with Gasteiger partial charge >= 0.3 is 0 Å². The molecule has 7 heteroatoms. The number of nitrogens with zero attached hydrogens (tertiary/aromatic N) is 5. The molecule has 4 rings (SSSR count). The van der Waals surface area contributed by atoms with Gasteiger partial charge in [0.1, 0.15) is 12.7 Å². The molecule has 0 saturated carbocycles. The van der Waals surface area contributed by atoms with Crippen LogP contribution in [0.2, 0.25) is 0 Å². The van der Waals surface area contributed by atoms with Crippen LogP contribution in [0.5, 0.6) is 0 Å². The summed E-state index contributed by atoms with van der Waals surface area (Å²) in [6.07, 6.45) is 5.55. The highest BCUT2D eigenvalue weighted by Gasteiger charge is 2.43. The topological polar surface area (TPSA) is 54.3 Å². The third-order valence-corrected chi connectivity index (χ3v) is 6.58. The lowest BCUT2D eigenvalue weighted by atomic mass is 9.92. The van der Waals surface area contributed by atoms with Gasteiger partial charge in [-0.3, -0.25) is 14.4 Å². The number of aromatic nitrogens is 3. The Morgan fingerprint density at radius 1 is 1.46 bits per heavy atom. The lowest BCUT2D eigenvalue weighted by molar-refractivity contribution is 0.0611. The first-order chi connectivity index (χ1) is 11.6. The fourth-order valence-electron chi connectivity index (χ4n) is 4.24. The third-order valence-electron chi connectivity index (χ3n) is 5.58. The van der Waals surface area contributed by atoms with E-state index in [0.717, 1.165) is 42.9 Å². The van der Waals surface area contributed by atoms with Crippen molar-refractivity contribution < 1.29 is 4.79 Å². The second kappa shape index (κ2) is 6.29. The third kappa shape index (κ3) is 2.75. The summed E-state index contributed by atoms with van der Waals surface area (Å²) in [6.45, 7) is 4.63. The van der Waals surface area contributed by atoms with Crippen molar-refractivity contribution >= 4 is 17.2 Å². The maximum atomic E-state index is 12.8. The molecule has 0 unspecified atom stereocenters. The molecule has 1 amide bonds. The minimum Gasteiger partial charge on any atom is -0.338 e. The Bertz CT molecular complexity index is 712. The number of hydrogen-bond acceptors (Lipinski definition) is 5. The number of thiophene rings is 1. The van der Waals surface area contributed by atoms with Gasteiger partial charge in [0.2, 0.25) is 0 Å². The highest BCUT2D eigenvalue weighted by molar-refractivity contribution is 7.12. The van der Waals surface area contributed by atoms with Crippen molar-refractivity contribution in [3.05, 3.63) is 34.5 Å². The quantitative estimate of drug-likeness (QED) is 0.852. The van der Waals surface area contributed by atoms with Gasteiger partial charge in [0, 0.05) is 25.2 Å². The van der Waals surface area contributed by atoms with Crippen LogP contribution in [0.15, 0.2) is 24.1 Å². The Labute approximate surface area is 146 Å². The molecular weight excluding hydrogens is 322 g/mol. The zero-order chi connectivity index (χ0) is 16.7. The molecule has 2 aromatic heterocycles. The van der Waals surface area contributed by atoms with E-state index in [1.807, 2.05) is 23.1 Å². The van der Waals surface area contributed by atoms with Crippen LogP contribution in [0, 0.1) is 12.8 Å². The molecule has 0 radical (unpaired) electrons. The van der Waals surface area contributed by atoms with Gasteiger partial charge in [-0.15, -0.1) is 11.3 Å². The maximum absolute atomic E-state index is 12.8.